The van der Waals surface area contributed by atoms with Crippen molar-refractivity contribution in [3.8, 4) is 0 Å². The molecule has 170 valence electrons. The number of carbonyl (C=O) groups is 1. The van der Waals surface area contributed by atoms with Crippen LogP contribution in [-0.4, -0.2) is 37.8 Å². The molecule has 6 rings (SSSR count). The Hall–Kier alpha value is -1.40. The molecule has 0 radical (unpaired) electrons. The fourth-order valence-corrected chi connectivity index (χ4v) is 9.39. The summed E-state index contributed by atoms with van der Waals surface area (Å²) in [4.78, 5) is 13.5. The summed E-state index contributed by atoms with van der Waals surface area (Å²) >= 11 is 0. The lowest BCUT2D eigenvalue weighted by molar-refractivity contribution is -0.130. The Morgan fingerprint density at radius 1 is 0.903 bits per heavy atom. The summed E-state index contributed by atoms with van der Waals surface area (Å²) in [6, 6.07) is 4.23. The molecule has 1 aromatic carbocycles. The molecule has 1 N–H and O–H groups in total. The number of amides is 1. The molecule has 1 amide bonds. The highest BCUT2D eigenvalue weighted by Crippen LogP contribution is 2.53. The molecule has 5 aliphatic rings. The Morgan fingerprint density at radius 2 is 1.42 bits per heavy atom. The minimum Gasteiger partial charge on any atom is -0.353 e. The first-order valence-electron chi connectivity index (χ1n) is 12.1. The minimum absolute atomic E-state index is 0.0659. The summed E-state index contributed by atoms with van der Waals surface area (Å²) in [7, 11) is -3.53. The molecule has 1 aliphatic heterocycles. The van der Waals surface area contributed by atoms with Gasteiger partial charge in [0.15, 0.2) is 0 Å². The quantitative estimate of drug-likeness (QED) is 0.765. The number of piperidine rings is 1. The van der Waals surface area contributed by atoms with E-state index in [1.807, 2.05) is 32.9 Å². The van der Waals surface area contributed by atoms with Gasteiger partial charge in [0.25, 0.3) is 0 Å². The molecule has 0 spiro atoms. The highest BCUT2D eigenvalue weighted by molar-refractivity contribution is 7.89. The number of aryl methyl sites for hydroxylation is 3. The van der Waals surface area contributed by atoms with E-state index in [1.165, 1.54) is 32.1 Å². The molecule has 5 nitrogen and oxygen atoms in total. The molecular formula is C25H36N2O3S. The first kappa shape index (κ1) is 21.4. The Labute approximate surface area is 187 Å². The average molecular weight is 445 g/mol. The van der Waals surface area contributed by atoms with Gasteiger partial charge in [-0.15, -0.1) is 0 Å². The van der Waals surface area contributed by atoms with Crippen molar-refractivity contribution in [1.82, 2.24) is 9.62 Å². The van der Waals surface area contributed by atoms with Crippen molar-refractivity contribution < 1.29 is 13.2 Å². The Kier molecular flexibility index (Phi) is 5.45. The molecule has 6 heteroatoms. The van der Waals surface area contributed by atoms with Crippen LogP contribution >= 0.6 is 0 Å². The number of hydrogen-bond acceptors (Lipinski definition) is 3. The maximum atomic E-state index is 13.3. The van der Waals surface area contributed by atoms with Gasteiger partial charge < -0.3 is 5.32 Å². The maximum Gasteiger partial charge on any atom is 0.243 e. The average Bonchev–Trinajstić information content (AvgIpc) is 2.69. The largest absolute Gasteiger partial charge is 0.353 e. The molecule has 4 saturated carbocycles. The van der Waals surface area contributed by atoms with E-state index in [9.17, 15) is 13.2 Å². The molecular weight excluding hydrogens is 408 g/mol. The van der Waals surface area contributed by atoms with E-state index in [1.54, 1.807) is 4.31 Å². The van der Waals surface area contributed by atoms with Crippen molar-refractivity contribution in [1.29, 1.82) is 0 Å². The summed E-state index contributed by atoms with van der Waals surface area (Å²) in [6.45, 7) is 6.59. The van der Waals surface area contributed by atoms with E-state index in [0.29, 0.717) is 48.7 Å². The highest BCUT2D eigenvalue weighted by Gasteiger charge is 2.49. The topological polar surface area (TPSA) is 66.5 Å². The van der Waals surface area contributed by atoms with Crippen molar-refractivity contribution in [2.45, 2.75) is 76.7 Å². The third-order valence-corrected chi connectivity index (χ3v) is 10.8. The maximum absolute atomic E-state index is 13.3. The van der Waals surface area contributed by atoms with Crippen LogP contribution in [0, 0.1) is 50.4 Å². The van der Waals surface area contributed by atoms with E-state index in [4.69, 9.17) is 0 Å². The van der Waals surface area contributed by atoms with E-state index in [0.717, 1.165) is 28.5 Å². The first-order chi connectivity index (χ1) is 14.7. The molecule has 0 aromatic heterocycles. The van der Waals surface area contributed by atoms with Gasteiger partial charge in [-0.2, -0.15) is 4.31 Å². The number of nitrogens with one attached hydrogen (secondary N) is 1. The summed E-state index contributed by atoms with van der Waals surface area (Å²) in [5.41, 5.74) is 2.69. The zero-order valence-electron chi connectivity index (χ0n) is 19.1. The van der Waals surface area contributed by atoms with Gasteiger partial charge in [0.05, 0.1) is 4.90 Å². The van der Waals surface area contributed by atoms with Crippen molar-refractivity contribution in [3.05, 3.63) is 28.8 Å². The van der Waals surface area contributed by atoms with Gasteiger partial charge in [-0.3, -0.25) is 4.79 Å². The van der Waals surface area contributed by atoms with Gasteiger partial charge >= 0.3 is 0 Å². The normalized spacial score (nSPS) is 33.6. The van der Waals surface area contributed by atoms with Crippen LogP contribution < -0.4 is 5.32 Å². The number of carbonyl (C=O) groups excluding carboxylic acids is 1. The van der Waals surface area contributed by atoms with Gasteiger partial charge in [0, 0.05) is 25.0 Å². The van der Waals surface area contributed by atoms with E-state index < -0.39 is 10.0 Å². The standard InChI is InChI=1S/C25H36N2O3S/c1-15-8-16(2)24(17(3)9-15)31(29,30)27-6-4-20(5-7-27)25(28)26-23-21-11-18-10-19(13-21)14-22(23)12-18/h8-9,18-23H,4-7,10-14H2,1-3H3,(H,26,28). The Balaban J connectivity index is 1.22. The van der Waals surface area contributed by atoms with Gasteiger partial charge in [-0.1, -0.05) is 17.7 Å². The SMILES string of the molecule is Cc1cc(C)c(S(=O)(=O)N2CCC(C(=O)NC3C4CC5CC(C4)CC3C5)CC2)c(C)c1. The van der Waals surface area contributed by atoms with Crippen LogP contribution in [0.5, 0.6) is 0 Å². The van der Waals surface area contributed by atoms with Crippen LogP contribution in [-0.2, 0) is 14.8 Å². The predicted octanol–water partition coefficient (Wildman–Crippen LogP) is 3.95. The molecule has 4 aliphatic carbocycles. The molecule has 31 heavy (non-hydrogen) atoms. The van der Waals surface area contributed by atoms with E-state index >= 15 is 0 Å². The van der Waals surface area contributed by atoms with Crippen LogP contribution in [0.15, 0.2) is 17.0 Å². The van der Waals surface area contributed by atoms with Crippen molar-refractivity contribution in [3.63, 3.8) is 0 Å². The number of rotatable bonds is 4. The molecule has 0 atom stereocenters. The monoisotopic (exact) mass is 444 g/mol. The van der Waals surface area contributed by atoms with E-state index in [2.05, 4.69) is 5.32 Å². The van der Waals surface area contributed by atoms with Crippen LogP contribution in [0.3, 0.4) is 0 Å². The van der Waals surface area contributed by atoms with Crippen molar-refractivity contribution in [2.24, 2.45) is 29.6 Å². The van der Waals surface area contributed by atoms with Crippen molar-refractivity contribution in [2.75, 3.05) is 13.1 Å². The second-order valence-corrected chi connectivity index (χ2v) is 12.7. The van der Waals surface area contributed by atoms with Gasteiger partial charge in [0.1, 0.15) is 0 Å². The number of nitrogens with zero attached hydrogens (tertiary/aromatic N) is 1. The predicted molar refractivity (Wildman–Crippen MR) is 121 cm³/mol. The summed E-state index contributed by atoms with van der Waals surface area (Å²) in [5, 5.41) is 3.43. The molecule has 5 fully saturated rings. The summed E-state index contributed by atoms with van der Waals surface area (Å²) < 4.78 is 28.2. The number of sulfonamides is 1. The second-order valence-electron chi connectivity index (χ2n) is 10.9. The minimum atomic E-state index is -3.53. The Bertz CT molecular complexity index is 927. The second kappa shape index (κ2) is 7.87. The van der Waals surface area contributed by atoms with E-state index in [-0.39, 0.29) is 11.8 Å². The molecule has 1 saturated heterocycles. The smallest absolute Gasteiger partial charge is 0.243 e. The molecule has 1 heterocycles. The lowest BCUT2D eigenvalue weighted by Crippen LogP contribution is -2.57. The Morgan fingerprint density at radius 3 is 1.94 bits per heavy atom. The fraction of sp³-hybridized carbons (Fsp3) is 0.720. The zero-order valence-corrected chi connectivity index (χ0v) is 19.9. The van der Waals surface area contributed by atoms with Gasteiger partial charge in [-0.25, -0.2) is 8.42 Å². The molecule has 0 unspecified atom stereocenters. The lowest BCUT2D eigenvalue weighted by atomic mass is 9.54. The first-order valence-corrected chi connectivity index (χ1v) is 13.5. The fourth-order valence-electron chi connectivity index (χ4n) is 7.50. The molecule has 4 bridgehead atoms. The van der Waals surface area contributed by atoms with Crippen LogP contribution in [0.2, 0.25) is 0 Å². The number of hydrogen-bond donors (Lipinski definition) is 1. The highest BCUT2D eigenvalue weighted by atomic mass is 32.2. The third-order valence-electron chi connectivity index (χ3n) is 8.56. The summed E-state index contributed by atoms with van der Waals surface area (Å²) in [5.74, 6) is 3.25. The van der Waals surface area contributed by atoms with Crippen LogP contribution in [0.1, 0.15) is 61.6 Å². The van der Waals surface area contributed by atoms with Gasteiger partial charge in [-0.05, 0) is 101 Å². The number of benzene rings is 1. The van der Waals surface area contributed by atoms with Gasteiger partial charge in [0.2, 0.25) is 15.9 Å². The molecule has 1 aromatic rings. The van der Waals surface area contributed by atoms with Crippen molar-refractivity contribution >= 4 is 15.9 Å². The third kappa shape index (κ3) is 3.84. The summed E-state index contributed by atoms with van der Waals surface area (Å²) in [6.07, 6.45) is 7.83. The van der Waals surface area contributed by atoms with Crippen LogP contribution in [0.4, 0.5) is 0 Å². The zero-order chi connectivity index (χ0) is 21.9. The van der Waals surface area contributed by atoms with Crippen LogP contribution in [0.25, 0.3) is 0 Å². The lowest BCUT2D eigenvalue weighted by Gasteiger charge is -2.54.